The lowest BCUT2D eigenvalue weighted by Crippen LogP contribution is -2.40. The summed E-state index contributed by atoms with van der Waals surface area (Å²) >= 11 is 0. The van der Waals surface area contributed by atoms with Crippen LogP contribution in [0.5, 0.6) is 0 Å². The maximum Gasteiger partial charge on any atom is 0.228 e. The van der Waals surface area contributed by atoms with E-state index in [0.29, 0.717) is 24.3 Å². The van der Waals surface area contributed by atoms with Crippen LogP contribution in [0.25, 0.3) is 0 Å². The summed E-state index contributed by atoms with van der Waals surface area (Å²) in [7, 11) is 0. The molecule has 132 valence electrons. The summed E-state index contributed by atoms with van der Waals surface area (Å²) in [4.78, 5) is 18.8. The van der Waals surface area contributed by atoms with Crippen LogP contribution in [0.1, 0.15) is 24.0 Å². The highest BCUT2D eigenvalue weighted by atomic mass is 19.1. The Morgan fingerprint density at radius 1 is 1.40 bits per heavy atom. The number of benzene rings is 1. The Morgan fingerprint density at radius 3 is 3.08 bits per heavy atom. The number of aliphatic hydroxyl groups excluding tert-OH is 1. The fourth-order valence-electron chi connectivity index (χ4n) is 3.22. The topological polar surface area (TPSA) is 65.5 Å². The summed E-state index contributed by atoms with van der Waals surface area (Å²) in [5.74, 6) is -0.433. The molecular formula is C19H22FN3O2. The normalized spacial score (nSPS) is 18.1. The maximum absolute atomic E-state index is 13.3. The van der Waals surface area contributed by atoms with Gasteiger partial charge in [-0.25, -0.2) is 4.39 Å². The molecule has 1 aromatic carbocycles. The first-order valence-electron chi connectivity index (χ1n) is 8.47. The Labute approximate surface area is 146 Å². The molecule has 2 heterocycles. The molecule has 1 aliphatic rings. The molecule has 2 N–H and O–H groups in total. The number of carbonyl (C=O) groups excluding carboxylic acids is 1. The number of piperidine rings is 1. The standard InChI is InChI=1S/C19H22FN3O2/c20-17-5-1-3-14(9-17)11-23-8-2-4-15(12-23)19(25)22-18-10-21-7-6-16(18)13-24/h1,3,5-7,9-10,15,24H,2,4,8,11-13H2,(H,22,25). The number of anilines is 1. The van der Waals surface area contributed by atoms with Gasteiger partial charge in [0.15, 0.2) is 0 Å². The first-order valence-corrected chi connectivity index (χ1v) is 8.47. The zero-order valence-corrected chi connectivity index (χ0v) is 14.0. The number of aliphatic hydroxyl groups is 1. The van der Waals surface area contributed by atoms with Crippen molar-refractivity contribution in [1.82, 2.24) is 9.88 Å². The van der Waals surface area contributed by atoms with Crippen molar-refractivity contribution in [3.05, 3.63) is 59.7 Å². The molecule has 0 spiro atoms. The fourth-order valence-corrected chi connectivity index (χ4v) is 3.22. The molecule has 1 aliphatic heterocycles. The molecule has 1 amide bonds. The van der Waals surface area contributed by atoms with Crippen molar-refractivity contribution in [2.75, 3.05) is 18.4 Å². The van der Waals surface area contributed by atoms with E-state index in [2.05, 4.69) is 15.2 Å². The van der Waals surface area contributed by atoms with Crippen LogP contribution in [0.3, 0.4) is 0 Å². The predicted octanol–water partition coefficient (Wildman–Crippen LogP) is 2.56. The molecule has 1 saturated heterocycles. The molecule has 3 rings (SSSR count). The zero-order valence-electron chi connectivity index (χ0n) is 14.0. The van der Waals surface area contributed by atoms with Gasteiger partial charge in [0.1, 0.15) is 5.82 Å². The Hall–Kier alpha value is -2.31. The highest BCUT2D eigenvalue weighted by Gasteiger charge is 2.26. The highest BCUT2D eigenvalue weighted by Crippen LogP contribution is 2.22. The second-order valence-electron chi connectivity index (χ2n) is 6.38. The molecule has 0 aliphatic carbocycles. The van der Waals surface area contributed by atoms with Crippen LogP contribution in [0.4, 0.5) is 10.1 Å². The Morgan fingerprint density at radius 2 is 2.28 bits per heavy atom. The van der Waals surface area contributed by atoms with Crippen molar-refractivity contribution in [2.24, 2.45) is 5.92 Å². The summed E-state index contributed by atoms with van der Waals surface area (Å²) in [5.41, 5.74) is 2.11. The minimum absolute atomic E-state index is 0.0633. The number of rotatable bonds is 5. The SMILES string of the molecule is O=C(Nc1cnccc1CO)C1CCCN(Cc2cccc(F)c2)C1. The average Bonchev–Trinajstić information content (AvgIpc) is 2.62. The van der Waals surface area contributed by atoms with Crippen molar-refractivity contribution >= 4 is 11.6 Å². The van der Waals surface area contributed by atoms with E-state index in [0.717, 1.165) is 24.9 Å². The van der Waals surface area contributed by atoms with E-state index in [1.807, 2.05) is 6.07 Å². The van der Waals surface area contributed by atoms with Gasteiger partial charge >= 0.3 is 0 Å². The zero-order chi connectivity index (χ0) is 17.6. The van der Waals surface area contributed by atoms with Crippen molar-refractivity contribution in [3.63, 3.8) is 0 Å². The van der Waals surface area contributed by atoms with Crippen LogP contribution >= 0.6 is 0 Å². The molecule has 6 heteroatoms. The average molecular weight is 343 g/mol. The van der Waals surface area contributed by atoms with Crippen molar-refractivity contribution in [1.29, 1.82) is 0 Å². The molecule has 2 aromatic rings. The van der Waals surface area contributed by atoms with E-state index >= 15 is 0 Å². The fraction of sp³-hybridized carbons (Fsp3) is 0.368. The van der Waals surface area contributed by atoms with Crippen LogP contribution < -0.4 is 5.32 Å². The van der Waals surface area contributed by atoms with E-state index in [-0.39, 0.29) is 24.2 Å². The lowest BCUT2D eigenvalue weighted by molar-refractivity contribution is -0.121. The molecular weight excluding hydrogens is 321 g/mol. The molecule has 1 unspecified atom stereocenters. The highest BCUT2D eigenvalue weighted by molar-refractivity contribution is 5.93. The smallest absolute Gasteiger partial charge is 0.228 e. The van der Waals surface area contributed by atoms with Crippen molar-refractivity contribution in [3.8, 4) is 0 Å². The van der Waals surface area contributed by atoms with Gasteiger partial charge in [0.05, 0.1) is 24.4 Å². The number of carbonyl (C=O) groups is 1. The van der Waals surface area contributed by atoms with Gasteiger partial charge < -0.3 is 10.4 Å². The van der Waals surface area contributed by atoms with E-state index in [1.165, 1.54) is 12.1 Å². The summed E-state index contributed by atoms with van der Waals surface area (Å²) < 4.78 is 13.3. The molecule has 1 aromatic heterocycles. The number of hydrogen-bond donors (Lipinski definition) is 2. The number of amides is 1. The van der Waals surface area contributed by atoms with Crippen LogP contribution in [-0.2, 0) is 17.9 Å². The van der Waals surface area contributed by atoms with Crippen LogP contribution in [0, 0.1) is 11.7 Å². The summed E-state index contributed by atoms with van der Waals surface area (Å²) in [6.45, 7) is 2.02. The summed E-state index contributed by atoms with van der Waals surface area (Å²) in [6.07, 6.45) is 4.88. The van der Waals surface area contributed by atoms with Crippen LogP contribution in [-0.4, -0.2) is 34.0 Å². The maximum atomic E-state index is 13.3. The Balaban J connectivity index is 1.61. The number of nitrogens with zero attached hydrogens (tertiary/aromatic N) is 2. The number of nitrogens with one attached hydrogen (secondary N) is 1. The van der Waals surface area contributed by atoms with Gasteiger partial charge in [0, 0.05) is 24.8 Å². The monoisotopic (exact) mass is 343 g/mol. The lowest BCUT2D eigenvalue weighted by Gasteiger charge is -2.32. The molecule has 1 fully saturated rings. The third-order valence-corrected chi connectivity index (χ3v) is 4.51. The molecule has 5 nitrogen and oxygen atoms in total. The van der Waals surface area contributed by atoms with Crippen molar-refractivity contribution in [2.45, 2.75) is 26.0 Å². The van der Waals surface area contributed by atoms with Gasteiger partial charge in [-0.3, -0.25) is 14.7 Å². The molecule has 25 heavy (non-hydrogen) atoms. The molecule has 0 radical (unpaired) electrons. The van der Waals surface area contributed by atoms with E-state index in [9.17, 15) is 14.3 Å². The molecule has 0 saturated carbocycles. The third-order valence-electron chi connectivity index (χ3n) is 4.51. The predicted molar refractivity (Wildman–Crippen MR) is 93.2 cm³/mol. The van der Waals surface area contributed by atoms with Crippen molar-refractivity contribution < 1.29 is 14.3 Å². The second-order valence-corrected chi connectivity index (χ2v) is 6.38. The van der Waals surface area contributed by atoms with Gasteiger partial charge in [0.25, 0.3) is 0 Å². The quantitative estimate of drug-likeness (QED) is 0.876. The number of aromatic nitrogens is 1. The first kappa shape index (κ1) is 17.5. The lowest BCUT2D eigenvalue weighted by atomic mass is 9.96. The minimum atomic E-state index is -0.239. The van der Waals surface area contributed by atoms with Gasteiger partial charge in [-0.05, 0) is 43.1 Å². The van der Waals surface area contributed by atoms with Crippen LogP contribution in [0.2, 0.25) is 0 Å². The van der Waals surface area contributed by atoms with E-state index < -0.39 is 0 Å². The largest absolute Gasteiger partial charge is 0.392 e. The number of pyridine rings is 1. The Bertz CT molecular complexity index is 738. The van der Waals surface area contributed by atoms with Crippen LogP contribution in [0.15, 0.2) is 42.7 Å². The first-order chi connectivity index (χ1) is 12.2. The number of hydrogen-bond acceptors (Lipinski definition) is 4. The van der Waals surface area contributed by atoms with E-state index in [4.69, 9.17) is 0 Å². The van der Waals surface area contributed by atoms with Gasteiger partial charge in [-0.15, -0.1) is 0 Å². The third kappa shape index (κ3) is 4.61. The second kappa shape index (κ2) is 8.18. The van der Waals surface area contributed by atoms with Gasteiger partial charge in [-0.2, -0.15) is 0 Å². The van der Waals surface area contributed by atoms with Gasteiger partial charge in [0.2, 0.25) is 5.91 Å². The van der Waals surface area contributed by atoms with Gasteiger partial charge in [-0.1, -0.05) is 12.1 Å². The molecule has 0 bridgehead atoms. The summed E-state index contributed by atoms with van der Waals surface area (Å²) in [5, 5.41) is 12.2. The van der Waals surface area contributed by atoms with E-state index in [1.54, 1.807) is 24.5 Å². The number of likely N-dealkylation sites (tertiary alicyclic amines) is 1. The number of halogens is 1. The Kier molecular flexibility index (Phi) is 5.73. The molecule has 1 atom stereocenters. The summed E-state index contributed by atoms with van der Waals surface area (Å²) in [6, 6.07) is 8.26. The minimum Gasteiger partial charge on any atom is -0.392 e.